The molecule has 4 aromatic rings. The molecule has 2 aromatic heterocycles. The van der Waals surface area contributed by atoms with Gasteiger partial charge in [-0.2, -0.15) is 13.2 Å². The van der Waals surface area contributed by atoms with Gasteiger partial charge in [0.15, 0.2) is 11.0 Å². The Balaban J connectivity index is 1.62. The largest absolute Gasteiger partial charge is 0.416 e. The van der Waals surface area contributed by atoms with Crippen LogP contribution in [0.4, 0.5) is 13.2 Å². The molecular formula is C24H19ClF3N5OS. The number of aromatic nitrogens is 4. The fourth-order valence-corrected chi connectivity index (χ4v) is 4.42. The molecule has 0 bridgehead atoms. The maximum Gasteiger partial charge on any atom is 0.416 e. The van der Waals surface area contributed by atoms with Crippen molar-refractivity contribution in [2.45, 2.75) is 30.1 Å². The molecule has 0 aliphatic heterocycles. The first-order valence-electron chi connectivity index (χ1n) is 10.4. The molecule has 4 rings (SSSR count). The maximum absolute atomic E-state index is 13.1. The van der Waals surface area contributed by atoms with Crippen molar-refractivity contribution in [3.05, 3.63) is 101 Å². The number of benzene rings is 2. The summed E-state index contributed by atoms with van der Waals surface area (Å²) in [5.41, 5.74) is 0.692. The SMILES string of the molecule is C[C@H](NC(=O)c1ccccn1)c1nnc(SCc2cccc(C(F)(F)F)c2)n1-c1cccc(Cl)c1. The van der Waals surface area contributed by atoms with E-state index in [0.717, 1.165) is 12.1 Å². The van der Waals surface area contributed by atoms with Crippen LogP contribution in [0.25, 0.3) is 5.69 Å². The van der Waals surface area contributed by atoms with Gasteiger partial charge in [-0.3, -0.25) is 14.3 Å². The van der Waals surface area contributed by atoms with Crippen LogP contribution < -0.4 is 5.32 Å². The first-order valence-corrected chi connectivity index (χ1v) is 11.8. The van der Waals surface area contributed by atoms with Crippen LogP contribution in [-0.2, 0) is 11.9 Å². The lowest BCUT2D eigenvalue weighted by Crippen LogP contribution is -2.29. The quantitative estimate of drug-likeness (QED) is 0.299. The van der Waals surface area contributed by atoms with E-state index in [1.54, 1.807) is 60.0 Å². The van der Waals surface area contributed by atoms with Gasteiger partial charge >= 0.3 is 6.18 Å². The summed E-state index contributed by atoms with van der Waals surface area (Å²) in [5.74, 6) is 0.289. The van der Waals surface area contributed by atoms with Crippen LogP contribution in [0.15, 0.2) is 78.1 Å². The van der Waals surface area contributed by atoms with Crippen LogP contribution >= 0.6 is 23.4 Å². The minimum atomic E-state index is -4.42. The van der Waals surface area contributed by atoms with Crippen molar-refractivity contribution in [1.82, 2.24) is 25.1 Å². The van der Waals surface area contributed by atoms with E-state index < -0.39 is 17.8 Å². The summed E-state index contributed by atoms with van der Waals surface area (Å²) in [4.78, 5) is 16.7. The molecule has 1 N–H and O–H groups in total. The van der Waals surface area contributed by atoms with Crippen molar-refractivity contribution in [3.8, 4) is 5.69 Å². The third-order valence-corrected chi connectivity index (χ3v) is 6.21. The Bertz CT molecular complexity index is 1330. The van der Waals surface area contributed by atoms with E-state index in [2.05, 4.69) is 20.5 Å². The number of halogens is 4. The molecule has 0 unspecified atom stereocenters. The minimum absolute atomic E-state index is 0.233. The average molecular weight is 518 g/mol. The van der Waals surface area contributed by atoms with Gasteiger partial charge in [-0.25, -0.2) is 0 Å². The monoisotopic (exact) mass is 517 g/mol. The average Bonchev–Trinajstić information content (AvgIpc) is 3.27. The van der Waals surface area contributed by atoms with E-state index in [0.29, 0.717) is 27.3 Å². The van der Waals surface area contributed by atoms with Gasteiger partial charge in [-0.05, 0) is 48.9 Å². The second-order valence-electron chi connectivity index (χ2n) is 7.55. The topological polar surface area (TPSA) is 72.7 Å². The number of nitrogens with one attached hydrogen (secondary N) is 1. The molecule has 2 aromatic carbocycles. The standard InChI is InChI=1S/C24H19ClF3N5OS/c1-15(30-22(34)20-10-2-3-11-29-20)21-31-32-23(33(21)19-9-5-8-18(25)13-19)35-14-16-6-4-7-17(12-16)24(26,27)28/h2-13,15H,14H2,1H3,(H,30,34)/t15-/m0/s1. The van der Waals surface area contributed by atoms with Crippen LogP contribution in [0, 0.1) is 0 Å². The highest BCUT2D eigenvalue weighted by atomic mass is 35.5. The van der Waals surface area contributed by atoms with Crippen molar-refractivity contribution >= 4 is 29.3 Å². The molecule has 2 heterocycles. The molecule has 1 atom stereocenters. The van der Waals surface area contributed by atoms with Crippen molar-refractivity contribution in [1.29, 1.82) is 0 Å². The molecule has 1 amide bonds. The predicted molar refractivity (Wildman–Crippen MR) is 127 cm³/mol. The second-order valence-corrected chi connectivity index (χ2v) is 8.93. The number of thioether (sulfide) groups is 1. The Morgan fingerprint density at radius 2 is 1.89 bits per heavy atom. The van der Waals surface area contributed by atoms with E-state index >= 15 is 0 Å². The summed E-state index contributed by atoms with van der Waals surface area (Å²) in [5, 5.41) is 12.3. The molecular weight excluding hydrogens is 499 g/mol. The van der Waals surface area contributed by atoms with Gasteiger partial charge in [0, 0.05) is 17.0 Å². The Morgan fingerprint density at radius 3 is 2.60 bits per heavy atom. The lowest BCUT2D eigenvalue weighted by atomic mass is 10.1. The summed E-state index contributed by atoms with van der Waals surface area (Å²) >= 11 is 7.43. The van der Waals surface area contributed by atoms with E-state index in [1.807, 2.05) is 0 Å². The Hall–Kier alpha value is -3.37. The predicted octanol–water partition coefficient (Wildman–Crippen LogP) is 6.12. The van der Waals surface area contributed by atoms with Gasteiger partial charge < -0.3 is 5.32 Å². The van der Waals surface area contributed by atoms with Gasteiger partial charge in [0.2, 0.25) is 0 Å². The van der Waals surface area contributed by atoms with Crippen molar-refractivity contribution in [2.24, 2.45) is 0 Å². The molecule has 180 valence electrons. The summed E-state index contributed by atoms with van der Waals surface area (Å²) < 4.78 is 41.0. The highest BCUT2D eigenvalue weighted by Crippen LogP contribution is 2.32. The first kappa shape index (κ1) is 24.7. The zero-order valence-electron chi connectivity index (χ0n) is 18.3. The maximum atomic E-state index is 13.1. The molecule has 6 nitrogen and oxygen atoms in total. The number of carbonyl (C=O) groups is 1. The van der Waals surface area contributed by atoms with Crippen LogP contribution in [0.3, 0.4) is 0 Å². The highest BCUT2D eigenvalue weighted by molar-refractivity contribution is 7.98. The highest BCUT2D eigenvalue weighted by Gasteiger charge is 2.30. The molecule has 0 saturated heterocycles. The minimum Gasteiger partial charge on any atom is -0.341 e. The van der Waals surface area contributed by atoms with Crippen molar-refractivity contribution in [3.63, 3.8) is 0 Å². The number of pyridine rings is 1. The van der Waals surface area contributed by atoms with Gasteiger partial charge in [-0.15, -0.1) is 10.2 Å². The van der Waals surface area contributed by atoms with E-state index in [9.17, 15) is 18.0 Å². The van der Waals surface area contributed by atoms with Crippen LogP contribution in [-0.4, -0.2) is 25.7 Å². The third-order valence-electron chi connectivity index (χ3n) is 4.98. The number of rotatable bonds is 7. The molecule has 0 aliphatic rings. The molecule has 0 radical (unpaired) electrons. The third kappa shape index (κ3) is 6.01. The van der Waals surface area contributed by atoms with E-state index in [4.69, 9.17) is 11.6 Å². The summed E-state index contributed by atoms with van der Waals surface area (Å²) in [6.07, 6.45) is -2.90. The fraction of sp³-hybridized carbons (Fsp3) is 0.167. The molecule has 0 fully saturated rings. The van der Waals surface area contributed by atoms with Crippen LogP contribution in [0.2, 0.25) is 5.02 Å². The molecule has 0 saturated carbocycles. The van der Waals surface area contributed by atoms with E-state index in [1.165, 1.54) is 24.0 Å². The number of alkyl halides is 3. The number of carbonyl (C=O) groups excluding carboxylic acids is 1. The fourth-order valence-electron chi connectivity index (χ4n) is 3.33. The Morgan fingerprint density at radius 1 is 1.09 bits per heavy atom. The summed E-state index contributed by atoms with van der Waals surface area (Å²) in [7, 11) is 0. The van der Waals surface area contributed by atoms with Crippen LogP contribution in [0.1, 0.15) is 40.4 Å². The number of hydrogen-bond acceptors (Lipinski definition) is 5. The number of amides is 1. The van der Waals surface area contributed by atoms with Gasteiger partial charge in [0.1, 0.15) is 5.69 Å². The molecule has 0 spiro atoms. The van der Waals surface area contributed by atoms with Gasteiger partial charge in [0.25, 0.3) is 5.91 Å². The van der Waals surface area contributed by atoms with Gasteiger partial charge in [-0.1, -0.05) is 53.7 Å². The van der Waals surface area contributed by atoms with Gasteiger partial charge in [0.05, 0.1) is 17.3 Å². The summed E-state index contributed by atoms with van der Waals surface area (Å²) in [6, 6.07) is 16.6. The van der Waals surface area contributed by atoms with Crippen LogP contribution in [0.5, 0.6) is 0 Å². The summed E-state index contributed by atoms with van der Waals surface area (Å²) in [6.45, 7) is 1.76. The zero-order valence-corrected chi connectivity index (χ0v) is 19.9. The van der Waals surface area contributed by atoms with Crippen molar-refractivity contribution < 1.29 is 18.0 Å². The Kier molecular flexibility index (Phi) is 7.42. The molecule has 0 aliphatic carbocycles. The van der Waals surface area contributed by atoms with Crippen molar-refractivity contribution in [2.75, 3.05) is 0 Å². The number of hydrogen-bond donors (Lipinski definition) is 1. The second kappa shape index (κ2) is 10.5. The molecule has 35 heavy (non-hydrogen) atoms. The normalized spacial score (nSPS) is 12.4. The lowest BCUT2D eigenvalue weighted by molar-refractivity contribution is -0.137. The van der Waals surface area contributed by atoms with E-state index in [-0.39, 0.29) is 17.4 Å². The first-order chi connectivity index (χ1) is 16.7. The Labute approximate surface area is 208 Å². The zero-order chi connectivity index (χ0) is 25.0. The molecule has 11 heteroatoms. The lowest BCUT2D eigenvalue weighted by Gasteiger charge is -2.16. The number of nitrogens with zero attached hydrogens (tertiary/aromatic N) is 4. The smallest absolute Gasteiger partial charge is 0.341 e.